The number of hydrogen-bond donors (Lipinski definition) is 0. The van der Waals surface area contributed by atoms with Crippen molar-refractivity contribution >= 4 is 28.7 Å². The van der Waals surface area contributed by atoms with E-state index in [-0.39, 0.29) is 0 Å². The minimum absolute atomic E-state index is 0.437. The second-order valence-corrected chi connectivity index (χ2v) is 11.9. The lowest BCUT2D eigenvalue weighted by Crippen LogP contribution is -2.22. The third kappa shape index (κ3) is 4.02. The molecule has 0 aliphatic heterocycles. The van der Waals surface area contributed by atoms with Crippen LogP contribution in [0.4, 0.5) is 0 Å². The van der Waals surface area contributed by atoms with Crippen LogP contribution in [-0.4, -0.2) is 18.8 Å². The Hall–Kier alpha value is -3.75. The third-order valence-electron chi connectivity index (χ3n) is 6.84. The predicted molar refractivity (Wildman–Crippen MR) is 149 cm³/mol. The summed E-state index contributed by atoms with van der Waals surface area (Å²) >= 11 is 0. The highest BCUT2D eigenvalue weighted by Gasteiger charge is 2.40. The Morgan fingerprint density at radius 3 is 1.94 bits per heavy atom. The molecular weight excluding hydrogens is 465 g/mol. The van der Waals surface area contributed by atoms with Crippen molar-refractivity contribution in [2.24, 2.45) is 7.05 Å². The highest BCUT2D eigenvalue weighted by atomic mass is 31.2. The summed E-state index contributed by atoms with van der Waals surface area (Å²) in [5.41, 5.74) is 3.77. The molecule has 0 N–H and O–H groups in total. The van der Waals surface area contributed by atoms with E-state index in [0.717, 1.165) is 38.2 Å². The molecular formula is C31H30NO3P. The van der Waals surface area contributed by atoms with E-state index in [9.17, 15) is 0 Å². The van der Waals surface area contributed by atoms with Gasteiger partial charge in [0, 0.05) is 34.8 Å². The first kappa shape index (κ1) is 24.0. The summed E-state index contributed by atoms with van der Waals surface area (Å²) in [5.74, 6) is 1.26. The lowest BCUT2D eigenvalue weighted by Gasteiger charge is -2.30. The number of aryl methyl sites for hydroxylation is 2. The summed E-state index contributed by atoms with van der Waals surface area (Å²) in [6.45, 7) is 2.09. The average Bonchev–Trinajstić information content (AvgIpc) is 3.24. The summed E-state index contributed by atoms with van der Waals surface area (Å²) in [4.78, 5) is 0. The molecule has 1 unspecified atom stereocenters. The molecule has 0 spiro atoms. The summed E-state index contributed by atoms with van der Waals surface area (Å²) in [6.07, 6.45) is 2.13. The van der Waals surface area contributed by atoms with E-state index in [0.29, 0.717) is 11.5 Å². The molecule has 4 nitrogen and oxygen atoms in total. The Morgan fingerprint density at radius 2 is 1.36 bits per heavy atom. The quantitative estimate of drug-likeness (QED) is 0.239. The van der Waals surface area contributed by atoms with Gasteiger partial charge in [-0.1, -0.05) is 78.4 Å². The SMILES string of the molecule is COc1ccc(C(c2cn(C)c3ccc(C)cc23)P(=O)(c2ccccc2)c2ccccc2)cc1OC. The molecule has 0 bridgehead atoms. The van der Waals surface area contributed by atoms with Crippen LogP contribution in [0, 0.1) is 6.92 Å². The van der Waals surface area contributed by atoms with Crippen LogP contribution in [-0.2, 0) is 11.6 Å². The normalized spacial score (nSPS) is 12.4. The monoisotopic (exact) mass is 495 g/mol. The summed E-state index contributed by atoms with van der Waals surface area (Å²) in [5, 5.41) is 2.74. The van der Waals surface area contributed by atoms with Crippen molar-refractivity contribution in [3.63, 3.8) is 0 Å². The predicted octanol–water partition coefficient (Wildman–Crippen LogP) is 6.61. The smallest absolute Gasteiger partial charge is 0.161 e. The fourth-order valence-electron chi connectivity index (χ4n) is 5.11. The van der Waals surface area contributed by atoms with Gasteiger partial charge in [0.15, 0.2) is 18.6 Å². The van der Waals surface area contributed by atoms with Crippen LogP contribution in [0.25, 0.3) is 10.9 Å². The van der Waals surface area contributed by atoms with Crippen molar-refractivity contribution in [1.82, 2.24) is 4.57 Å². The number of aromatic nitrogens is 1. The van der Waals surface area contributed by atoms with E-state index >= 15 is 4.57 Å². The van der Waals surface area contributed by atoms with Gasteiger partial charge in [-0.05, 0) is 42.3 Å². The van der Waals surface area contributed by atoms with Crippen molar-refractivity contribution in [3.05, 3.63) is 120 Å². The molecule has 1 atom stereocenters. The Labute approximate surface area is 212 Å². The van der Waals surface area contributed by atoms with Crippen molar-refractivity contribution in [3.8, 4) is 11.5 Å². The van der Waals surface area contributed by atoms with Gasteiger partial charge < -0.3 is 18.6 Å². The van der Waals surface area contributed by atoms with Crippen molar-refractivity contribution < 1.29 is 14.0 Å². The van der Waals surface area contributed by atoms with E-state index in [1.165, 1.54) is 0 Å². The zero-order valence-electron chi connectivity index (χ0n) is 21.0. The minimum Gasteiger partial charge on any atom is -0.493 e. The molecule has 36 heavy (non-hydrogen) atoms. The molecule has 0 aliphatic rings. The van der Waals surface area contributed by atoms with Gasteiger partial charge in [0.2, 0.25) is 0 Å². The van der Waals surface area contributed by atoms with Crippen molar-refractivity contribution in [1.29, 1.82) is 0 Å². The summed E-state index contributed by atoms with van der Waals surface area (Å²) < 4.78 is 29.1. The van der Waals surface area contributed by atoms with Crippen molar-refractivity contribution in [2.45, 2.75) is 12.6 Å². The molecule has 5 rings (SSSR count). The van der Waals surface area contributed by atoms with Gasteiger partial charge >= 0.3 is 0 Å². The zero-order chi connectivity index (χ0) is 25.3. The second kappa shape index (κ2) is 9.72. The van der Waals surface area contributed by atoms with E-state index < -0.39 is 12.8 Å². The Morgan fingerprint density at radius 1 is 0.750 bits per heavy atom. The first-order valence-electron chi connectivity index (χ1n) is 12.0. The van der Waals surface area contributed by atoms with Gasteiger partial charge in [-0.15, -0.1) is 0 Å². The Balaban J connectivity index is 1.90. The molecule has 4 aromatic carbocycles. The van der Waals surface area contributed by atoms with E-state index in [1.54, 1.807) is 14.2 Å². The average molecular weight is 496 g/mol. The largest absolute Gasteiger partial charge is 0.493 e. The Bertz CT molecular complexity index is 1510. The number of methoxy groups -OCH3 is 2. The van der Waals surface area contributed by atoms with Gasteiger partial charge in [0.25, 0.3) is 0 Å². The number of rotatable bonds is 7. The van der Waals surface area contributed by atoms with E-state index in [2.05, 4.69) is 35.9 Å². The van der Waals surface area contributed by atoms with Crippen LogP contribution in [0.3, 0.4) is 0 Å². The summed E-state index contributed by atoms with van der Waals surface area (Å²) in [7, 11) is 2.05. The van der Waals surface area contributed by atoms with Gasteiger partial charge in [-0.25, -0.2) is 0 Å². The van der Waals surface area contributed by atoms with Gasteiger partial charge in [-0.2, -0.15) is 0 Å². The first-order valence-corrected chi connectivity index (χ1v) is 13.7. The molecule has 0 radical (unpaired) electrons. The molecule has 1 heterocycles. The van der Waals surface area contributed by atoms with Crippen molar-refractivity contribution in [2.75, 3.05) is 14.2 Å². The summed E-state index contributed by atoms with van der Waals surface area (Å²) in [6, 6.07) is 32.0. The van der Waals surface area contributed by atoms with Crippen LogP contribution >= 0.6 is 7.14 Å². The lowest BCUT2D eigenvalue weighted by molar-refractivity contribution is 0.354. The topological polar surface area (TPSA) is 40.5 Å². The maximum atomic E-state index is 15.7. The molecule has 0 aliphatic carbocycles. The molecule has 1 aromatic heterocycles. The fraction of sp³-hybridized carbons (Fsp3) is 0.161. The first-order chi connectivity index (χ1) is 17.5. The minimum atomic E-state index is -3.25. The highest BCUT2D eigenvalue weighted by Crippen LogP contribution is 2.61. The van der Waals surface area contributed by atoms with Crippen LogP contribution in [0.15, 0.2) is 103 Å². The molecule has 0 saturated carbocycles. The molecule has 0 saturated heterocycles. The van der Waals surface area contributed by atoms with Crippen LogP contribution in [0.5, 0.6) is 11.5 Å². The lowest BCUT2D eigenvalue weighted by atomic mass is 10.0. The van der Waals surface area contributed by atoms with Crippen LogP contribution in [0.1, 0.15) is 22.3 Å². The second-order valence-electron chi connectivity index (χ2n) is 9.06. The fourth-order valence-corrected chi connectivity index (χ4v) is 8.41. The molecule has 182 valence electrons. The van der Waals surface area contributed by atoms with Crippen LogP contribution in [0.2, 0.25) is 0 Å². The molecule has 5 heteroatoms. The maximum Gasteiger partial charge on any atom is 0.161 e. The van der Waals surface area contributed by atoms with Gasteiger partial charge in [0.05, 0.1) is 19.9 Å². The number of fused-ring (bicyclic) bond motifs is 1. The molecule has 5 aromatic rings. The Kier molecular flexibility index (Phi) is 6.47. The van der Waals surface area contributed by atoms with Gasteiger partial charge in [-0.3, -0.25) is 0 Å². The third-order valence-corrected chi connectivity index (χ3v) is 10.3. The zero-order valence-corrected chi connectivity index (χ0v) is 21.9. The highest BCUT2D eigenvalue weighted by molar-refractivity contribution is 7.79. The van der Waals surface area contributed by atoms with Crippen LogP contribution < -0.4 is 20.1 Å². The number of benzene rings is 4. The molecule has 0 amide bonds. The number of nitrogens with zero attached hydrogens (tertiary/aromatic N) is 1. The van der Waals surface area contributed by atoms with Gasteiger partial charge in [0.1, 0.15) is 0 Å². The standard InChI is InChI=1S/C31H30NO3P/c1-22-15-17-28-26(19-22)27(21-32(28)2)31(23-16-18-29(34-3)30(20-23)35-4)36(33,24-11-7-5-8-12-24)25-13-9-6-10-14-25/h5-21,31H,1-4H3. The number of hydrogen-bond acceptors (Lipinski definition) is 3. The van der Waals surface area contributed by atoms with E-state index in [1.807, 2.05) is 85.9 Å². The van der Waals surface area contributed by atoms with E-state index in [4.69, 9.17) is 9.47 Å². The maximum absolute atomic E-state index is 15.7. The molecule has 0 fully saturated rings. The number of ether oxygens (including phenoxy) is 2.